The van der Waals surface area contributed by atoms with Gasteiger partial charge in [-0.05, 0) is 49.7 Å². The summed E-state index contributed by atoms with van der Waals surface area (Å²) in [6.45, 7) is 3.88. The van der Waals surface area contributed by atoms with Gasteiger partial charge in [-0.1, -0.05) is 36.8 Å². The minimum absolute atomic E-state index is 0.297. The maximum Gasteiger partial charge on any atom is 0.123 e. The molecule has 0 aromatic heterocycles. The highest BCUT2D eigenvalue weighted by Crippen LogP contribution is 2.30. The van der Waals surface area contributed by atoms with Crippen LogP contribution in [0.1, 0.15) is 42.0 Å². The molecule has 1 N–H and O–H groups in total. The lowest BCUT2D eigenvalue weighted by atomic mass is 10.0. The van der Waals surface area contributed by atoms with E-state index in [1.54, 1.807) is 7.11 Å². The number of ether oxygens (including phenoxy) is 1. The number of piperidine rings is 1. The number of hydrogen-bond acceptors (Lipinski definition) is 4. The molecule has 0 spiro atoms. The number of methoxy groups -OCH3 is 1. The zero-order valence-electron chi connectivity index (χ0n) is 15.4. The molecule has 0 amide bonds. The zero-order chi connectivity index (χ0) is 18.2. The van der Waals surface area contributed by atoms with E-state index in [-0.39, 0.29) is 0 Å². The van der Waals surface area contributed by atoms with Crippen molar-refractivity contribution in [3.05, 3.63) is 65.2 Å². The van der Waals surface area contributed by atoms with Crippen molar-refractivity contribution in [2.75, 3.05) is 26.7 Å². The lowest BCUT2D eigenvalue weighted by Gasteiger charge is -2.35. The third-order valence-electron chi connectivity index (χ3n) is 5.05. The number of benzene rings is 2. The summed E-state index contributed by atoms with van der Waals surface area (Å²) >= 11 is 0. The van der Waals surface area contributed by atoms with Crippen molar-refractivity contribution in [3.63, 3.8) is 0 Å². The highest BCUT2D eigenvalue weighted by Gasteiger charge is 2.24. The Labute approximate surface area is 156 Å². The number of nitrogens with one attached hydrogen (secondary N) is 1. The fourth-order valence-corrected chi connectivity index (χ4v) is 3.71. The van der Waals surface area contributed by atoms with Crippen molar-refractivity contribution in [1.29, 1.82) is 5.26 Å². The number of rotatable bonds is 7. The van der Waals surface area contributed by atoms with Crippen molar-refractivity contribution >= 4 is 0 Å². The summed E-state index contributed by atoms with van der Waals surface area (Å²) in [7, 11) is 1.74. The molecule has 1 saturated heterocycles. The van der Waals surface area contributed by atoms with E-state index in [0.29, 0.717) is 11.6 Å². The Morgan fingerprint density at radius 2 is 1.92 bits per heavy atom. The highest BCUT2D eigenvalue weighted by molar-refractivity contribution is 5.36. The van der Waals surface area contributed by atoms with Crippen LogP contribution in [0.4, 0.5) is 0 Å². The van der Waals surface area contributed by atoms with Gasteiger partial charge in [0.05, 0.1) is 24.8 Å². The molecule has 0 bridgehead atoms. The predicted octanol–water partition coefficient (Wildman–Crippen LogP) is 3.88. The second kappa shape index (κ2) is 9.38. The molecule has 1 unspecified atom stereocenters. The van der Waals surface area contributed by atoms with E-state index in [2.05, 4.69) is 34.5 Å². The fraction of sp³-hybridized carbons (Fsp3) is 0.409. The smallest absolute Gasteiger partial charge is 0.123 e. The van der Waals surface area contributed by atoms with E-state index in [4.69, 9.17) is 10.00 Å². The van der Waals surface area contributed by atoms with Crippen LogP contribution in [0.5, 0.6) is 5.75 Å². The van der Waals surface area contributed by atoms with Crippen LogP contribution in [0.3, 0.4) is 0 Å². The van der Waals surface area contributed by atoms with Crippen LogP contribution in [-0.2, 0) is 6.54 Å². The average Bonchev–Trinajstić information content (AvgIpc) is 2.72. The maximum atomic E-state index is 9.06. The Hall–Kier alpha value is -2.35. The molecule has 3 rings (SSSR count). The minimum Gasteiger partial charge on any atom is -0.496 e. The second-order valence-electron chi connectivity index (χ2n) is 6.80. The molecule has 4 heteroatoms. The number of hydrogen-bond donors (Lipinski definition) is 1. The first-order valence-electron chi connectivity index (χ1n) is 9.38. The van der Waals surface area contributed by atoms with Crippen LogP contribution in [-0.4, -0.2) is 31.6 Å². The molecule has 0 saturated carbocycles. The third-order valence-corrected chi connectivity index (χ3v) is 5.05. The summed E-state index contributed by atoms with van der Waals surface area (Å²) in [5.41, 5.74) is 3.10. The lowest BCUT2D eigenvalue weighted by molar-refractivity contribution is 0.157. The third kappa shape index (κ3) is 4.63. The lowest BCUT2D eigenvalue weighted by Crippen LogP contribution is -2.39. The van der Waals surface area contributed by atoms with Gasteiger partial charge in [0.2, 0.25) is 0 Å². The Bertz CT molecular complexity index is 747. The minimum atomic E-state index is 0.297. The largest absolute Gasteiger partial charge is 0.496 e. The SMILES string of the molecule is COc1ccccc1C(CNCc1cccc(C#N)c1)N1CCCCC1. The van der Waals surface area contributed by atoms with Gasteiger partial charge in [0.15, 0.2) is 0 Å². The number of nitrogens with zero attached hydrogens (tertiary/aromatic N) is 2. The van der Waals surface area contributed by atoms with E-state index in [1.807, 2.05) is 30.3 Å². The van der Waals surface area contributed by atoms with E-state index in [0.717, 1.165) is 37.5 Å². The Morgan fingerprint density at radius 3 is 2.69 bits per heavy atom. The molecule has 4 nitrogen and oxygen atoms in total. The summed E-state index contributed by atoms with van der Waals surface area (Å²) in [6, 6.07) is 18.6. The van der Waals surface area contributed by atoms with E-state index in [1.165, 1.54) is 24.8 Å². The number of nitriles is 1. The van der Waals surface area contributed by atoms with Crippen LogP contribution >= 0.6 is 0 Å². The molecule has 0 aliphatic carbocycles. The van der Waals surface area contributed by atoms with Crippen LogP contribution in [0.2, 0.25) is 0 Å². The van der Waals surface area contributed by atoms with Gasteiger partial charge < -0.3 is 10.1 Å². The number of likely N-dealkylation sites (tertiary alicyclic amines) is 1. The quantitative estimate of drug-likeness (QED) is 0.824. The van der Waals surface area contributed by atoms with E-state index in [9.17, 15) is 0 Å². The first kappa shape index (κ1) is 18.4. The fourth-order valence-electron chi connectivity index (χ4n) is 3.71. The first-order valence-corrected chi connectivity index (χ1v) is 9.38. The highest BCUT2D eigenvalue weighted by atomic mass is 16.5. The zero-order valence-corrected chi connectivity index (χ0v) is 15.4. The van der Waals surface area contributed by atoms with Crippen molar-refractivity contribution in [2.24, 2.45) is 0 Å². The van der Waals surface area contributed by atoms with E-state index >= 15 is 0 Å². The number of para-hydroxylation sites is 1. The first-order chi connectivity index (χ1) is 12.8. The van der Waals surface area contributed by atoms with Crippen molar-refractivity contribution in [1.82, 2.24) is 10.2 Å². The van der Waals surface area contributed by atoms with Gasteiger partial charge in [-0.2, -0.15) is 5.26 Å². The monoisotopic (exact) mass is 349 g/mol. The van der Waals surface area contributed by atoms with Crippen LogP contribution in [0, 0.1) is 11.3 Å². The van der Waals surface area contributed by atoms with Gasteiger partial charge in [0.1, 0.15) is 5.75 Å². The molecule has 1 aliphatic rings. The van der Waals surface area contributed by atoms with Gasteiger partial charge in [-0.25, -0.2) is 0 Å². The van der Waals surface area contributed by atoms with Crippen molar-refractivity contribution < 1.29 is 4.74 Å². The van der Waals surface area contributed by atoms with Gasteiger partial charge in [0.25, 0.3) is 0 Å². The maximum absolute atomic E-state index is 9.06. The molecule has 1 heterocycles. The molecular formula is C22H27N3O. The molecule has 1 aliphatic heterocycles. The average molecular weight is 349 g/mol. The molecule has 2 aromatic rings. The van der Waals surface area contributed by atoms with Gasteiger partial charge in [-0.3, -0.25) is 4.90 Å². The molecule has 2 aromatic carbocycles. The molecule has 1 atom stereocenters. The van der Waals surface area contributed by atoms with Gasteiger partial charge >= 0.3 is 0 Å². The van der Waals surface area contributed by atoms with Gasteiger partial charge in [0, 0.05) is 18.7 Å². The standard InChI is InChI=1S/C22H27N3O/c1-26-22-11-4-3-10-20(22)21(25-12-5-2-6-13-25)17-24-16-19-9-7-8-18(14-19)15-23/h3-4,7-11,14,21,24H,2,5-6,12-13,16-17H2,1H3. The Balaban J connectivity index is 1.72. The molecule has 0 radical (unpaired) electrons. The van der Waals surface area contributed by atoms with Crippen molar-refractivity contribution in [2.45, 2.75) is 31.8 Å². The van der Waals surface area contributed by atoms with Crippen LogP contribution in [0.15, 0.2) is 48.5 Å². The van der Waals surface area contributed by atoms with Gasteiger partial charge in [-0.15, -0.1) is 0 Å². The second-order valence-corrected chi connectivity index (χ2v) is 6.80. The summed E-state index contributed by atoms with van der Waals surface area (Å²) in [5.74, 6) is 0.955. The molecule has 26 heavy (non-hydrogen) atoms. The normalized spacial score (nSPS) is 16.0. The predicted molar refractivity (Wildman–Crippen MR) is 104 cm³/mol. The summed E-state index contributed by atoms with van der Waals surface area (Å²) < 4.78 is 5.62. The summed E-state index contributed by atoms with van der Waals surface area (Å²) in [4.78, 5) is 2.57. The molecular weight excluding hydrogens is 322 g/mol. The van der Waals surface area contributed by atoms with Crippen LogP contribution < -0.4 is 10.1 Å². The Kier molecular flexibility index (Phi) is 6.65. The topological polar surface area (TPSA) is 48.3 Å². The van der Waals surface area contributed by atoms with Crippen LogP contribution in [0.25, 0.3) is 0 Å². The molecule has 136 valence electrons. The Morgan fingerprint density at radius 1 is 1.12 bits per heavy atom. The summed E-state index contributed by atoms with van der Waals surface area (Å²) in [6.07, 6.45) is 3.84. The summed E-state index contributed by atoms with van der Waals surface area (Å²) in [5, 5.41) is 12.7. The van der Waals surface area contributed by atoms with Crippen molar-refractivity contribution in [3.8, 4) is 11.8 Å². The van der Waals surface area contributed by atoms with E-state index < -0.39 is 0 Å². The molecule has 1 fully saturated rings.